The van der Waals surface area contributed by atoms with Gasteiger partial charge in [0.05, 0.1) is 16.3 Å². The van der Waals surface area contributed by atoms with Crippen LogP contribution in [0.1, 0.15) is 16.0 Å². The van der Waals surface area contributed by atoms with E-state index >= 15 is 0 Å². The molecule has 0 saturated carbocycles. The van der Waals surface area contributed by atoms with Crippen molar-refractivity contribution in [2.24, 2.45) is 0 Å². The normalized spacial score (nSPS) is 11.4. The van der Waals surface area contributed by atoms with Gasteiger partial charge in [0.25, 0.3) is 0 Å². The molecule has 57 heavy (non-hydrogen) atoms. The molecular formula is C49H33N5S3. The summed E-state index contributed by atoms with van der Waals surface area (Å²) in [5, 5.41) is 14.7. The van der Waals surface area contributed by atoms with Gasteiger partial charge in [-0.3, -0.25) is 5.41 Å². The van der Waals surface area contributed by atoms with Crippen molar-refractivity contribution in [2.45, 2.75) is 6.92 Å². The molecule has 0 amide bonds. The first kappa shape index (κ1) is 34.9. The van der Waals surface area contributed by atoms with E-state index in [1.807, 2.05) is 96.3 Å². The average Bonchev–Trinajstić information content (AvgIpc) is 3.94. The predicted molar refractivity (Wildman–Crippen MR) is 245 cm³/mol. The third kappa shape index (κ3) is 6.43. The topological polar surface area (TPSA) is 88.5 Å². The largest absolute Gasteiger partial charge is 0.397 e. The summed E-state index contributed by atoms with van der Waals surface area (Å²) in [5.41, 5.74) is 12.7. The number of nitrogen functional groups attached to an aromatic ring is 1. The second-order valence-corrected chi connectivity index (χ2v) is 17.1. The minimum absolute atomic E-state index is 0.498. The second-order valence-electron chi connectivity index (χ2n) is 13.8. The first-order chi connectivity index (χ1) is 28.0. The van der Waals surface area contributed by atoms with Crippen molar-refractivity contribution in [1.29, 1.82) is 5.41 Å². The van der Waals surface area contributed by atoms with E-state index in [-0.39, 0.29) is 0 Å². The summed E-state index contributed by atoms with van der Waals surface area (Å²) in [6.45, 7) is 2.13. The summed E-state index contributed by atoms with van der Waals surface area (Å²) in [5.74, 6) is 2.06. The van der Waals surface area contributed by atoms with Gasteiger partial charge in [-0.1, -0.05) is 133 Å². The van der Waals surface area contributed by atoms with E-state index in [1.165, 1.54) is 45.9 Å². The Morgan fingerprint density at radius 3 is 1.74 bits per heavy atom. The summed E-state index contributed by atoms with van der Waals surface area (Å²) in [7, 11) is 0. The highest BCUT2D eigenvalue weighted by Crippen LogP contribution is 2.41. The Morgan fingerprint density at radius 2 is 1.04 bits per heavy atom. The fourth-order valence-corrected chi connectivity index (χ4v) is 10.7. The minimum Gasteiger partial charge on any atom is -0.397 e. The molecule has 11 aromatic rings. The molecule has 4 aromatic heterocycles. The van der Waals surface area contributed by atoms with E-state index < -0.39 is 0 Å². The number of nitrogens with zero attached hydrogens (tertiary/aromatic N) is 3. The molecule has 11 rings (SSSR count). The Hall–Kier alpha value is -6.58. The number of fused-ring (bicyclic) bond motifs is 7. The monoisotopic (exact) mass is 787 g/mol. The van der Waals surface area contributed by atoms with Crippen molar-refractivity contribution in [2.75, 3.05) is 5.73 Å². The van der Waals surface area contributed by atoms with Crippen LogP contribution in [0.4, 0.5) is 5.69 Å². The molecule has 0 unspecified atom stereocenters. The molecule has 0 spiro atoms. The van der Waals surface area contributed by atoms with Crippen LogP contribution in [0.5, 0.6) is 0 Å². The van der Waals surface area contributed by atoms with Gasteiger partial charge in [-0.15, -0.1) is 34.0 Å². The molecule has 0 fully saturated rings. The van der Waals surface area contributed by atoms with Crippen molar-refractivity contribution in [3.05, 3.63) is 180 Å². The van der Waals surface area contributed by atoms with Crippen molar-refractivity contribution < 1.29 is 0 Å². The molecule has 0 bridgehead atoms. The summed E-state index contributed by atoms with van der Waals surface area (Å²) >= 11 is 5.17. The van der Waals surface area contributed by atoms with Crippen LogP contribution in [-0.2, 0) is 0 Å². The zero-order valence-electron chi connectivity index (χ0n) is 30.7. The number of aryl methyl sites for hydroxylation is 1. The number of rotatable bonds is 5. The molecule has 0 radical (unpaired) electrons. The van der Waals surface area contributed by atoms with Gasteiger partial charge in [-0.2, -0.15) is 0 Å². The molecule has 0 aliphatic carbocycles. The van der Waals surface area contributed by atoms with Gasteiger partial charge >= 0.3 is 0 Å². The number of benzene rings is 7. The highest BCUT2D eigenvalue weighted by Gasteiger charge is 2.18. The Bertz CT molecular complexity index is 3230. The molecule has 0 saturated heterocycles. The van der Waals surface area contributed by atoms with Gasteiger partial charge in [0.2, 0.25) is 0 Å². The zero-order chi connectivity index (χ0) is 38.5. The third-order valence-electron chi connectivity index (χ3n) is 10.1. The smallest absolute Gasteiger partial charge is 0.164 e. The maximum absolute atomic E-state index is 8.69. The molecule has 7 aromatic carbocycles. The molecule has 272 valence electrons. The Labute approximate surface area is 340 Å². The summed E-state index contributed by atoms with van der Waals surface area (Å²) in [6, 6.07) is 56.0. The molecular weight excluding hydrogens is 755 g/mol. The quantitative estimate of drug-likeness (QED) is 0.170. The van der Waals surface area contributed by atoms with Crippen LogP contribution in [0.3, 0.4) is 0 Å². The molecule has 4 heterocycles. The minimum atomic E-state index is 0.498. The fourth-order valence-electron chi connectivity index (χ4n) is 7.32. The molecule has 3 N–H and O–H groups in total. The van der Waals surface area contributed by atoms with Crippen LogP contribution in [0.2, 0.25) is 0 Å². The number of nitrogens with two attached hydrogens (primary N) is 1. The average molecular weight is 788 g/mol. The lowest BCUT2D eigenvalue weighted by molar-refractivity contribution is 1.08. The maximum atomic E-state index is 8.69. The van der Waals surface area contributed by atoms with Crippen LogP contribution in [-0.4, -0.2) is 20.7 Å². The fraction of sp³-hybridized carbons (Fsp3) is 0.0204. The van der Waals surface area contributed by atoms with Crippen molar-refractivity contribution in [3.8, 4) is 34.2 Å². The van der Waals surface area contributed by atoms with Crippen molar-refractivity contribution >= 4 is 95.8 Å². The number of hydrogen-bond donors (Lipinski definition) is 2. The van der Waals surface area contributed by atoms with E-state index in [0.717, 1.165) is 37.2 Å². The first-order valence-corrected chi connectivity index (χ1v) is 21.0. The summed E-state index contributed by atoms with van der Waals surface area (Å²) in [4.78, 5) is 15.6. The summed E-state index contributed by atoms with van der Waals surface area (Å²) in [6.07, 6.45) is 0. The van der Waals surface area contributed by atoms with E-state index in [1.54, 1.807) is 22.7 Å². The van der Waals surface area contributed by atoms with E-state index in [2.05, 4.69) is 85.8 Å². The molecule has 0 atom stereocenters. The SMILES string of the molecule is Cc1ccc2sc3cccc(-c4nc(-c5ccccc5)nc(-c5ccccc5)n4)c3c2c1.N=C(c1ccc2c(c1)sc1ccccc12)c1sc2ccccc2c1N. The Kier molecular flexibility index (Phi) is 8.87. The lowest BCUT2D eigenvalue weighted by Crippen LogP contribution is -2.01. The van der Waals surface area contributed by atoms with Crippen molar-refractivity contribution in [3.63, 3.8) is 0 Å². The van der Waals surface area contributed by atoms with Crippen LogP contribution in [0.25, 0.3) is 84.6 Å². The van der Waals surface area contributed by atoms with Crippen LogP contribution in [0.15, 0.2) is 164 Å². The van der Waals surface area contributed by atoms with E-state index in [0.29, 0.717) is 28.9 Å². The van der Waals surface area contributed by atoms with E-state index in [4.69, 9.17) is 26.1 Å². The van der Waals surface area contributed by atoms with Crippen LogP contribution < -0.4 is 5.73 Å². The lowest BCUT2D eigenvalue weighted by Gasteiger charge is -2.09. The van der Waals surface area contributed by atoms with Gasteiger partial charge in [-0.05, 0) is 43.3 Å². The van der Waals surface area contributed by atoms with Crippen LogP contribution >= 0.6 is 34.0 Å². The number of anilines is 1. The molecule has 0 aliphatic heterocycles. The summed E-state index contributed by atoms with van der Waals surface area (Å²) < 4.78 is 6.14. The zero-order valence-corrected chi connectivity index (χ0v) is 33.2. The Morgan fingerprint density at radius 1 is 0.474 bits per heavy atom. The van der Waals surface area contributed by atoms with Gasteiger partial charge < -0.3 is 5.73 Å². The molecule has 8 heteroatoms. The Balaban J connectivity index is 0.000000143. The van der Waals surface area contributed by atoms with Crippen LogP contribution in [0, 0.1) is 12.3 Å². The standard InChI is InChI=1S/C28H19N3S.C21H14N2S2/c1-18-15-16-23-22(17-18)25-21(13-8-14-24(25)32-23)28-30-26(19-9-4-2-5-10-19)29-27(31-28)20-11-6-3-7-12-20;22-19(21-20(23)15-6-2-4-8-17(15)25-21)12-9-10-14-13-5-1-3-7-16(13)24-18(14)11-12/h2-17H,1H3;1-11,22H,23H2. The second kappa shape index (κ2) is 14.5. The number of hydrogen-bond acceptors (Lipinski definition) is 8. The highest BCUT2D eigenvalue weighted by atomic mass is 32.1. The van der Waals surface area contributed by atoms with Gasteiger partial charge in [0, 0.05) is 72.7 Å². The molecule has 5 nitrogen and oxygen atoms in total. The number of nitrogens with one attached hydrogen (secondary N) is 1. The van der Waals surface area contributed by atoms with Gasteiger partial charge in [0.1, 0.15) is 0 Å². The number of aromatic nitrogens is 3. The maximum Gasteiger partial charge on any atom is 0.164 e. The predicted octanol–water partition coefficient (Wildman–Crippen LogP) is 13.8. The van der Waals surface area contributed by atoms with E-state index in [9.17, 15) is 0 Å². The highest BCUT2D eigenvalue weighted by molar-refractivity contribution is 7.26. The molecule has 0 aliphatic rings. The third-order valence-corrected chi connectivity index (χ3v) is 13.6. The van der Waals surface area contributed by atoms with Gasteiger partial charge in [0.15, 0.2) is 17.5 Å². The van der Waals surface area contributed by atoms with Crippen molar-refractivity contribution in [1.82, 2.24) is 15.0 Å². The lowest BCUT2D eigenvalue weighted by atomic mass is 10.0. The number of thiophene rings is 3. The van der Waals surface area contributed by atoms with Gasteiger partial charge in [-0.25, -0.2) is 15.0 Å². The first-order valence-electron chi connectivity index (χ1n) is 18.6.